The number of amides is 2. The van der Waals surface area contributed by atoms with Gasteiger partial charge in [0.15, 0.2) is 0 Å². The molecule has 0 bridgehead atoms. The SMILES string of the molecule is O=C1C=CC(=O)N1Nc1ccc(Cl)cc1Cl. The fourth-order valence-corrected chi connectivity index (χ4v) is 1.66. The van der Waals surface area contributed by atoms with Crippen LogP contribution in [0.5, 0.6) is 0 Å². The Balaban J connectivity index is 2.21. The standard InChI is InChI=1S/C10H6Cl2N2O2/c11-6-1-2-8(7(12)5-6)13-14-9(15)3-4-10(14)16/h1-5,13H. The third-order valence-corrected chi connectivity index (χ3v) is 2.52. The summed E-state index contributed by atoms with van der Waals surface area (Å²) in [6.07, 6.45) is 2.36. The Morgan fingerprint density at radius 1 is 1.06 bits per heavy atom. The van der Waals surface area contributed by atoms with Crippen molar-refractivity contribution in [2.24, 2.45) is 0 Å². The summed E-state index contributed by atoms with van der Waals surface area (Å²) in [7, 11) is 0. The number of hydrogen-bond donors (Lipinski definition) is 1. The Bertz CT molecular complexity index is 482. The maximum absolute atomic E-state index is 11.3. The van der Waals surface area contributed by atoms with Crippen molar-refractivity contribution >= 4 is 40.7 Å². The lowest BCUT2D eigenvalue weighted by Gasteiger charge is -2.17. The van der Waals surface area contributed by atoms with Crippen LogP contribution in [0.4, 0.5) is 5.69 Å². The number of nitrogens with zero attached hydrogens (tertiary/aromatic N) is 1. The molecule has 0 unspecified atom stereocenters. The summed E-state index contributed by atoms with van der Waals surface area (Å²) in [6.45, 7) is 0. The number of benzene rings is 1. The fraction of sp³-hybridized carbons (Fsp3) is 0. The van der Waals surface area contributed by atoms with E-state index in [1.807, 2.05) is 0 Å². The van der Waals surface area contributed by atoms with Gasteiger partial charge in [-0.3, -0.25) is 15.0 Å². The van der Waals surface area contributed by atoms with Gasteiger partial charge in [0.1, 0.15) is 0 Å². The predicted molar refractivity (Wildman–Crippen MR) is 61.1 cm³/mol. The Morgan fingerprint density at radius 3 is 2.25 bits per heavy atom. The minimum Gasteiger partial charge on any atom is -0.287 e. The summed E-state index contributed by atoms with van der Waals surface area (Å²) in [6, 6.07) is 4.71. The molecule has 2 rings (SSSR count). The van der Waals surface area contributed by atoms with E-state index in [-0.39, 0.29) is 0 Å². The number of rotatable bonds is 2. The zero-order valence-corrected chi connectivity index (χ0v) is 9.42. The smallest absolute Gasteiger partial charge is 0.272 e. The van der Waals surface area contributed by atoms with E-state index in [1.165, 1.54) is 18.2 Å². The van der Waals surface area contributed by atoms with Gasteiger partial charge < -0.3 is 0 Å². The Hall–Kier alpha value is -1.52. The molecular formula is C10H6Cl2N2O2. The molecule has 1 aromatic rings. The molecule has 0 spiro atoms. The predicted octanol–water partition coefficient (Wildman–Crippen LogP) is 2.25. The number of nitrogens with one attached hydrogen (secondary N) is 1. The summed E-state index contributed by atoms with van der Waals surface area (Å²) < 4.78 is 0. The van der Waals surface area contributed by atoms with Crippen LogP contribution in [0.25, 0.3) is 0 Å². The highest BCUT2D eigenvalue weighted by atomic mass is 35.5. The van der Waals surface area contributed by atoms with Gasteiger partial charge in [0.05, 0.1) is 10.7 Å². The van der Waals surface area contributed by atoms with E-state index in [4.69, 9.17) is 23.2 Å². The molecule has 0 fully saturated rings. The van der Waals surface area contributed by atoms with Gasteiger partial charge in [-0.15, -0.1) is 0 Å². The van der Waals surface area contributed by atoms with Crippen molar-refractivity contribution in [1.29, 1.82) is 0 Å². The first-order valence-corrected chi connectivity index (χ1v) is 5.11. The molecule has 1 aliphatic rings. The van der Waals surface area contributed by atoms with Crippen molar-refractivity contribution in [3.8, 4) is 0 Å². The van der Waals surface area contributed by atoms with E-state index in [0.29, 0.717) is 15.7 Å². The van der Waals surface area contributed by atoms with Gasteiger partial charge in [0, 0.05) is 17.2 Å². The Morgan fingerprint density at radius 2 is 1.69 bits per heavy atom. The topological polar surface area (TPSA) is 49.4 Å². The number of imide groups is 1. The molecule has 1 N–H and O–H groups in total. The lowest BCUT2D eigenvalue weighted by Crippen LogP contribution is -2.35. The number of carbonyl (C=O) groups is 2. The molecule has 1 aromatic carbocycles. The van der Waals surface area contributed by atoms with E-state index in [2.05, 4.69) is 5.43 Å². The largest absolute Gasteiger partial charge is 0.287 e. The lowest BCUT2D eigenvalue weighted by atomic mass is 10.3. The first-order valence-electron chi connectivity index (χ1n) is 4.36. The van der Waals surface area contributed by atoms with Gasteiger partial charge >= 0.3 is 0 Å². The zero-order chi connectivity index (χ0) is 11.7. The lowest BCUT2D eigenvalue weighted by molar-refractivity contribution is -0.135. The summed E-state index contributed by atoms with van der Waals surface area (Å²) >= 11 is 11.6. The molecule has 2 amide bonds. The molecule has 4 nitrogen and oxygen atoms in total. The molecule has 82 valence electrons. The van der Waals surface area contributed by atoms with Crippen LogP contribution in [0.3, 0.4) is 0 Å². The first kappa shape index (κ1) is 11.0. The summed E-state index contributed by atoms with van der Waals surface area (Å²) in [5, 5.41) is 1.68. The minimum absolute atomic E-state index is 0.333. The van der Waals surface area contributed by atoms with Crippen molar-refractivity contribution in [3.05, 3.63) is 40.4 Å². The van der Waals surface area contributed by atoms with Crippen LogP contribution in [0, 0.1) is 0 Å². The van der Waals surface area contributed by atoms with Crippen LogP contribution in [-0.4, -0.2) is 16.8 Å². The monoisotopic (exact) mass is 256 g/mol. The molecule has 1 aliphatic heterocycles. The van der Waals surface area contributed by atoms with Crippen LogP contribution in [0.2, 0.25) is 10.0 Å². The van der Waals surface area contributed by atoms with Gasteiger partial charge in [-0.25, -0.2) is 0 Å². The zero-order valence-electron chi connectivity index (χ0n) is 7.91. The van der Waals surface area contributed by atoms with Crippen LogP contribution in [-0.2, 0) is 9.59 Å². The van der Waals surface area contributed by atoms with Crippen molar-refractivity contribution in [2.75, 3.05) is 5.43 Å². The van der Waals surface area contributed by atoms with E-state index in [0.717, 1.165) is 5.01 Å². The molecular weight excluding hydrogens is 251 g/mol. The van der Waals surface area contributed by atoms with Crippen LogP contribution in [0.15, 0.2) is 30.4 Å². The number of anilines is 1. The van der Waals surface area contributed by atoms with Gasteiger partial charge in [-0.05, 0) is 18.2 Å². The first-order chi connectivity index (χ1) is 7.58. The summed E-state index contributed by atoms with van der Waals surface area (Å²) in [5.41, 5.74) is 3.06. The molecule has 0 saturated carbocycles. The summed E-state index contributed by atoms with van der Waals surface area (Å²) in [4.78, 5) is 22.5. The summed E-state index contributed by atoms with van der Waals surface area (Å²) in [5.74, 6) is -0.868. The van der Waals surface area contributed by atoms with Gasteiger partial charge in [-0.2, -0.15) is 5.01 Å². The van der Waals surface area contributed by atoms with Gasteiger partial charge in [0.2, 0.25) is 0 Å². The van der Waals surface area contributed by atoms with Crippen LogP contribution < -0.4 is 5.43 Å². The number of hydrogen-bond acceptors (Lipinski definition) is 3. The highest BCUT2D eigenvalue weighted by Crippen LogP contribution is 2.26. The average Bonchev–Trinajstić information content (AvgIpc) is 2.53. The van der Waals surface area contributed by atoms with E-state index in [1.54, 1.807) is 12.1 Å². The second-order valence-corrected chi connectivity index (χ2v) is 3.92. The molecule has 0 aliphatic carbocycles. The molecule has 16 heavy (non-hydrogen) atoms. The van der Waals surface area contributed by atoms with E-state index >= 15 is 0 Å². The van der Waals surface area contributed by atoms with Gasteiger partial charge in [-0.1, -0.05) is 23.2 Å². The molecule has 0 saturated heterocycles. The van der Waals surface area contributed by atoms with Crippen LogP contribution >= 0.6 is 23.2 Å². The number of halogens is 2. The molecule has 1 heterocycles. The molecule has 6 heteroatoms. The maximum Gasteiger partial charge on any atom is 0.272 e. The molecule has 0 aromatic heterocycles. The quantitative estimate of drug-likeness (QED) is 0.826. The number of carbonyl (C=O) groups excluding carboxylic acids is 2. The fourth-order valence-electron chi connectivity index (χ4n) is 1.21. The highest BCUT2D eigenvalue weighted by molar-refractivity contribution is 6.36. The third kappa shape index (κ3) is 2.03. The molecule has 0 atom stereocenters. The van der Waals surface area contributed by atoms with E-state index in [9.17, 15) is 9.59 Å². The maximum atomic E-state index is 11.3. The second-order valence-electron chi connectivity index (χ2n) is 3.08. The van der Waals surface area contributed by atoms with Crippen molar-refractivity contribution in [1.82, 2.24) is 5.01 Å². The normalized spacial score (nSPS) is 14.8. The number of hydrazine groups is 1. The average molecular weight is 257 g/mol. The molecule has 0 radical (unpaired) electrons. The Kier molecular flexibility index (Phi) is 2.85. The van der Waals surface area contributed by atoms with E-state index < -0.39 is 11.8 Å². The third-order valence-electron chi connectivity index (χ3n) is 1.97. The second kappa shape index (κ2) is 4.15. The Labute approximate surface area is 101 Å². The minimum atomic E-state index is -0.434. The van der Waals surface area contributed by atoms with Gasteiger partial charge in [0.25, 0.3) is 11.8 Å². The van der Waals surface area contributed by atoms with Crippen molar-refractivity contribution < 1.29 is 9.59 Å². The van der Waals surface area contributed by atoms with Crippen LogP contribution in [0.1, 0.15) is 0 Å². The van der Waals surface area contributed by atoms with Crippen molar-refractivity contribution in [3.63, 3.8) is 0 Å². The van der Waals surface area contributed by atoms with Crippen molar-refractivity contribution in [2.45, 2.75) is 0 Å². The highest BCUT2D eigenvalue weighted by Gasteiger charge is 2.23.